The van der Waals surface area contributed by atoms with Crippen molar-refractivity contribution in [3.63, 3.8) is 0 Å². The zero-order chi connectivity index (χ0) is 11.3. The standard InChI is InChI=1S/C8H14N4O2S/c1-2-15(14)4-3-10-8(13)6-5-11-12-7(6)9/h5H,2-4H2,1H3,(H,10,13)(H3,9,11,12). The largest absolute Gasteiger partial charge is 0.383 e. The van der Waals surface area contributed by atoms with Crippen LogP contribution in [0.5, 0.6) is 0 Å². The molecule has 0 bridgehead atoms. The number of carbonyl (C=O) groups is 1. The van der Waals surface area contributed by atoms with Crippen molar-refractivity contribution < 1.29 is 9.00 Å². The Labute approximate surface area is 90.1 Å². The number of amides is 1. The molecule has 1 rings (SSSR count). The second-order valence-electron chi connectivity index (χ2n) is 2.89. The molecule has 1 atom stereocenters. The first kappa shape index (κ1) is 11.7. The van der Waals surface area contributed by atoms with Crippen molar-refractivity contribution in [2.75, 3.05) is 23.8 Å². The Balaban J connectivity index is 2.38. The summed E-state index contributed by atoms with van der Waals surface area (Å²) in [5, 5.41) is 8.72. The van der Waals surface area contributed by atoms with Crippen LogP contribution in [0.25, 0.3) is 0 Å². The number of carbonyl (C=O) groups excluding carboxylic acids is 1. The highest BCUT2D eigenvalue weighted by Crippen LogP contribution is 2.04. The third-order valence-electron chi connectivity index (χ3n) is 1.85. The first-order valence-corrected chi connectivity index (χ1v) is 6.06. The van der Waals surface area contributed by atoms with E-state index in [4.69, 9.17) is 5.73 Å². The van der Waals surface area contributed by atoms with E-state index in [9.17, 15) is 9.00 Å². The molecule has 0 spiro atoms. The Bertz CT molecular complexity index is 363. The van der Waals surface area contributed by atoms with E-state index in [2.05, 4.69) is 15.5 Å². The first-order chi connectivity index (χ1) is 7.15. The minimum Gasteiger partial charge on any atom is -0.383 e. The van der Waals surface area contributed by atoms with Gasteiger partial charge in [-0.25, -0.2) is 0 Å². The topological polar surface area (TPSA) is 101 Å². The zero-order valence-corrected chi connectivity index (χ0v) is 9.26. The van der Waals surface area contributed by atoms with Crippen molar-refractivity contribution in [1.29, 1.82) is 0 Å². The lowest BCUT2D eigenvalue weighted by Crippen LogP contribution is -2.28. The molecule has 15 heavy (non-hydrogen) atoms. The number of aromatic nitrogens is 2. The van der Waals surface area contributed by atoms with Gasteiger partial charge in [-0.15, -0.1) is 0 Å². The predicted octanol–water partition coefficient (Wildman–Crippen LogP) is -0.510. The molecule has 1 aromatic rings. The average Bonchev–Trinajstić information content (AvgIpc) is 2.64. The summed E-state index contributed by atoms with van der Waals surface area (Å²) in [6.45, 7) is 2.22. The van der Waals surface area contributed by atoms with Gasteiger partial charge in [0.1, 0.15) is 11.4 Å². The number of hydrogen-bond acceptors (Lipinski definition) is 4. The lowest BCUT2D eigenvalue weighted by Gasteiger charge is -2.02. The van der Waals surface area contributed by atoms with Crippen LogP contribution in [-0.2, 0) is 10.8 Å². The van der Waals surface area contributed by atoms with Crippen LogP contribution in [0.4, 0.5) is 5.82 Å². The predicted molar refractivity (Wildman–Crippen MR) is 58.9 cm³/mol. The third-order valence-corrected chi connectivity index (χ3v) is 3.15. The number of nitrogens with two attached hydrogens (primary N) is 1. The molecule has 0 radical (unpaired) electrons. The lowest BCUT2D eigenvalue weighted by molar-refractivity contribution is 0.0957. The maximum atomic E-state index is 11.4. The van der Waals surface area contributed by atoms with Crippen LogP contribution in [0.2, 0.25) is 0 Å². The molecule has 0 aromatic carbocycles. The van der Waals surface area contributed by atoms with Gasteiger partial charge in [0.25, 0.3) is 5.91 Å². The molecule has 0 aliphatic carbocycles. The molecule has 0 fully saturated rings. The van der Waals surface area contributed by atoms with Crippen LogP contribution < -0.4 is 11.1 Å². The van der Waals surface area contributed by atoms with Gasteiger partial charge < -0.3 is 11.1 Å². The number of nitrogen functional groups attached to an aromatic ring is 1. The molecule has 0 aliphatic heterocycles. The van der Waals surface area contributed by atoms with Crippen molar-refractivity contribution in [1.82, 2.24) is 15.5 Å². The van der Waals surface area contributed by atoms with Crippen molar-refractivity contribution in [2.45, 2.75) is 6.92 Å². The summed E-state index contributed by atoms with van der Waals surface area (Å²) in [7, 11) is -0.865. The summed E-state index contributed by atoms with van der Waals surface area (Å²) < 4.78 is 11.1. The second kappa shape index (κ2) is 5.50. The summed E-state index contributed by atoms with van der Waals surface area (Å²) in [4.78, 5) is 11.4. The Hall–Kier alpha value is -1.37. The molecular formula is C8H14N4O2S. The van der Waals surface area contributed by atoms with E-state index in [1.54, 1.807) is 0 Å². The second-order valence-corrected chi connectivity index (χ2v) is 4.75. The Morgan fingerprint density at radius 1 is 1.73 bits per heavy atom. The normalized spacial score (nSPS) is 12.3. The number of hydrogen-bond donors (Lipinski definition) is 3. The van der Waals surface area contributed by atoms with E-state index in [0.717, 1.165) is 0 Å². The molecular weight excluding hydrogens is 216 g/mol. The van der Waals surface area contributed by atoms with Gasteiger partial charge in [-0.05, 0) is 0 Å². The van der Waals surface area contributed by atoms with Crippen LogP contribution in [0.3, 0.4) is 0 Å². The molecule has 0 saturated carbocycles. The molecule has 1 unspecified atom stereocenters. The van der Waals surface area contributed by atoms with E-state index >= 15 is 0 Å². The molecule has 1 amide bonds. The van der Waals surface area contributed by atoms with Crippen LogP contribution in [0.15, 0.2) is 6.20 Å². The number of rotatable bonds is 5. The Morgan fingerprint density at radius 3 is 3.00 bits per heavy atom. The lowest BCUT2D eigenvalue weighted by atomic mass is 10.3. The number of H-pyrrole nitrogens is 1. The fraction of sp³-hybridized carbons (Fsp3) is 0.500. The molecule has 6 nitrogen and oxygen atoms in total. The number of aromatic amines is 1. The van der Waals surface area contributed by atoms with Crippen LogP contribution in [0, 0.1) is 0 Å². The highest BCUT2D eigenvalue weighted by Gasteiger charge is 2.10. The quantitative estimate of drug-likeness (QED) is 0.634. The fourth-order valence-corrected chi connectivity index (χ4v) is 1.61. The van der Waals surface area contributed by atoms with Crippen molar-refractivity contribution in [3.8, 4) is 0 Å². The fourth-order valence-electron chi connectivity index (χ4n) is 0.995. The molecule has 84 valence electrons. The highest BCUT2D eigenvalue weighted by molar-refractivity contribution is 7.84. The van der Waals surface area contributed by atoms with Gasteiger partial charge >= 0.3 is 0 Å². The molecule has 7 heteroatoms. The van der Waals surface area contributed by atoms with Crippen LogP contribution in [0.1, 0.15) is 17.3 Å². The van der Waals surface area contributed by atoms with E-state index < -0.39 is 10.8 Å². The first-order valence-electron chi connectivity index (χ1n) is 4.57. The summed E-state index contributed by atoms with van der Waals surface area (Å²) in [5.74, 6) is 1.00. The summed E-state index contributed by atoms with van der Waals surface area (Å²) in [6.07, 6.45) is 1.36. The van der Waals surface area contributed by atoms with Gasteiger partial charge in [0.05, 0.1) is 6.20 Å². The van der Waals surface area contributed by atoms with Crippen molar-refractivity contribution in [3.05, 3.63) is 11.8 Å². The molecule has 1 aromatic heterocycles. The van der Waals surface area contributed by atoms with Crippen molar-refractivity contribution in [2.24, 2.45) is 0 Å². The van der Waals surface area contributed by atoms with Gasteiger partial charge in [0, 0.05) is 28.9 Å². The van der Waals surface area contributed by atoms with Gasteiger partial charge in [0.2, 0.25) is 0 Å². The van der Waals surface area contributed by atoms with Gasteiger partial charge in [-0.3, -0.25) is 14.1 Å². The van der Waals surface area contributed by atoms with E-state index in [-0.39, 0.29) is 11.7 Å². The van der Waals surface area contributed by atoms with E-state index in [0.29, 0.717) is 23.6 Å². The molecule has 0 saturated heterocycles. The van der Waals surface area contributed by atoms with E-state index in [1.807, 2.05) is 6.92 Å². The maximum absolute atomic E-state index is 11.4. The summed E-state index contributed by atoms with van der Waals surface area (Å²) in [6, 6.07) is 0. The number of anilines is 1. The minimum absolute atomic E-state index is 0.240. The smallest absolute Gasteiger partial charge is 0.256 e. The number of nitrogens with one attached hydrogen (secondary N) is 2. The summed E-state index contributed by atoms with van der Waals surface area (Å²) >= 11 is 0. The maximum Gasteiger partial charge on any atom is 0.256 e. The van der Waals surface area contributed by atoms with Gasteiger partial charge in [0.15, 0.2) is 0 Å². The monoisotopic (exact) mass is 230 g/mol. The Morgan fingerprint density at radius 2 is 2.47 bits per heavy atom. The van der Waals surface area contributed by atoms with E-state index in [1.165, 1.54) is 6.20 Å². The summed E-state index contributed by atoms with van der Waals surface area (Å²) in [5.41, 5.74) is 5.78. The van der Waals surface area contributed by atoms with Crippen LogP contribution in [-0.4, -0.2) is 38.4 Å². The Kier molecular flexibility index (Phi) is 4.29. The van der Waals surface area contributed by atoms with Crippen molar-refractivity contribution >= 4 is 22.5 Å². The average molecular weight is 230 g/mol. The minimum atomic E-state index is -0.865. The molecule has 0 aliphatic rings. The van der Waals surface area contributed by atoms with Gasteiger partial charge in [-0.2, -0.15) is 5.10 Å². The molecule has 4 N–H and O–H groups in total. The third kappa shape index (κ3) is 3.35. The van der Waals surface area contributed by atoms with Gasteiger partial charge in [-0.1, -0.05) is 6.92 Å². The molecule has 1 heterocycles. The zero-order valence-electron chi connectivity index (χ0n) is 8.45. The number of nitrogens with zero attached hydrogens (tertiary/aromatic N) is 1. The van der Waals surface area contributed by atoms with Crippen LogP contribution >= 0.6 is 0 Å². The highest BCUT2D eigenvalue weighted by atomic mass is 32.2. The SMILES string of the molecule is CCS(=O)CCNC(=O)c1cn[nH]c1N.